The van der Waals surface area contributed by atoms with Gasteiger partial charge in [0.15, 0.2) is 11.4 Å². The summed E-state index contributed by atoms with van der Waals surface area (Å²) in [6.45, 7) is 3.64. The van der Waals surface area contributed by atoms with Gasteiger partial charge in [0, 0.05) is 24.8 Å². The van der Waals surface area contributed by atoms with E-state index < -0.39 is 0 Å². The van der Waals surface area contributed by atoms with E-state index in [0.717, 1.165) is 28.9 Å². The van der Waals surface area contributed by atoms with Crippen LogP contribution in [0.1, 0.15) is 12.5 Å². The molecule has 0 bridgehead atoms. The second kappa shape index (κ2) is 4.52. The number of anilines is 1. The molecule has 3 aromatic rings. The minimum atomic E-state index is 0.691. The summed E-state index contributed by atoms with van der Waals surface area (Å²) < 4.78 is 7.13. The Balaban J connectivity index is 1.76. The summed E-state index contributed by atoms with van der Waals surface area (Å²) in [5.74, 6) is 0.773. The van der Waals surface area contributed by atoms with Crippen LogP contribution in [0.25, 0.3) is 11.0 Å². The van der Waals surface area contributed by atoms with Gasteiger partial charge >= 0.3 is 0 Å². The molecule has 0 atom stereocenters. The molecule has 18 heavy (non-hydrogen) atoms. The normalized spacial score (nSPS) is 10.9. The first-order valence-corrected chi connectivity index (χ1v) is 5.96. The number of nitrogens with one attached hydrogen (secondary N) is 1. The van der Waals surface area contributed by atoms with Crippen molar-refractivity contribution in [3.05, 3.63) is 42.2 Å². The Morgan fingerprint density at radius 1 is 1.33 bits per heavy atom. The average Bonchev–Trinajstić information content (AvgIpc) is 3.03. The largest absolute Gasteiger partial charge is 0.363 e. The highest BCUT2D eigenvalue weighted by molar-refractivity contribution is 5.87. The van der Waals surface area contributed by atoms with Crippen LogP contribution in [0.2, 0.25) is 0 Å². The standard InChI is InChI=1S/C13H14N4O/c1-2-17-9-10(8-15-17)7-14-13-11-5-3-4-6-12(11)18-16-13/h3-6,8-9H,2,7H2,1H3,(H,14,16). The van der Waals surface area contributed by atoms with Crippen LogP contribution in [0.15, 0.2) is 41.2 Å². The summed E-state index contributed by atoms with van der Waals surface area (Å²) in [7, 11) is 0. The highest BCUT2D eigenvalue weighted by Crippen LogP contribution is 2.22. The molecular weight excluding hydrogens is 228 g/mol. The molecule has 1 aromatic carbocycles. The van der Waals surface area contributed by atoms with Gasteiger partial charge in [-0.05, 0) is 19.1 Å². The van der Waals surface area contributed by atoms with E-state index in [1.165, 1.54) is 0 Å². The summed E-state index contributed by atoms with van der Waals surface area (Å²) in [5.41, 5.74) is 1.92. The van der Waals surface area contributed by atoms with Crippen LogP contribution in [0.4, 0.5) is 5.82 Å². The van der Waals surface area contributed by atoms with Crippen molar-refractivity contribution in [1.29, 1.82) is 0 Å². The molecule has 0 fully saturated rings. The van der Waals surface area contributed by atoms with Crippen molar-refractivity contribution < 1.29 is 4.52 Å². The van der Waals surface area contributed by atoms with Gasteiger partial charge in [0.2, 0.25) is 0 Å². The van der Waals surface area contributed by atoms with Gasteiger partial charge in [0.05, 0.1) is 11.6 Å². The predicted molar refractivity (Wildman–Crippen MR) is 69.2 cm³/mol. The smallest absolute Gasteiger partial charge is 0.177 e. The van der Waals surface area contributed by atoms with E-state index in [-0.39, 0.29) is 0 Å². The average molecular weight is 242 g/mol. The molecule has 0 unspecified atom stereocenters. The summed E-state index contributed by atoms with van der Waals surface area (Å²) in [6, 6.07) is 7.80. The summed E-state index contributed by atoms with van der Waals surface area (Å²) in [5, 5.41) is 12.5. The summed E-state index contributed by atoms with van der Waals surface area (Å²) in [6.07, 6.45) is 3.88. The number of benzene rings is 1. The quantitative estimate of drug-likeness (QED) is 0.764. The lowest BCUT2D eigenvalue weighted by Crippen LogP contribution is -1.99. The van der Waals surface area contributed by atoms with E-state index in [1.54, 1.807) is 0 Å². The van der Waals surface area contributed by atoms with Crippen LogP contribution in [0.5, 0.6) is 0 Å². The SMILES string of the molecule is CCn1cc(CNc2noc3ccccc23)cn1. The van der Waals surface area contributed by atoms with Crippen LogP contribution in [0.3, 0.4) is 0 Å². The molecule has 0 saturated heterocycles. The van der Waals surface area contributed by atoms with E-state index in [0.29, 0.717) is 6.54 Å². The lowest BCUT2D eigenvalue weighted by molar-refractivity contribution is 0.459. The number of nitrogens with zero attached hydrogens (tertiary/aromatic N) is 3. The van der Waals surface area contributed by atoms with E-state index in [1.807, 2.05) is 41.3 Å². The van der Waals surface area contributed by atoms with Crippen LogP contribution < -0.4 is 5.32 Å². The molecule has 3 rings (SSSR count). The maximum Gasteiger partial charge on any atom is 0.177 e. The Kier molecular flexibility index (Phi) is 2.72. The van der Waals surface area contributed by atoms with Gasteiger partial charge in [-0.25, -0.2) is 0 Å². The first-order valence-electron chi connectivity index (χ1n) is 5.96. The molecule has 1 N–H and O–H groups in total. The van der Waals surface area contributed by atoms with Crippen LogP contribution >= 0.6 is 0 Å². The number of aromatic nitrogens is 3. The summed E-state index contributed by atoms with van der Waals surface area (Å²) in [4.78, 5) is 0. The highest BCUT2D eigenvalue weighted by Gasteiger charge is 2.06. The lowest BCUT2D eigenvalue weighted by Gasteiger charge is -1.99. The topological polar surface area (TPSA) is 55.9 Å². The Morgan fingerprint density at radius 3 is 3.06 bits per heavy atom. The zero-order valence-electron chi connectivity index (χ0n) is 10.1. The third kappa shape index (κ3) is 1.95. The molecule has 0 aliphatic rings. The molecule has 2 aromatic heterocycles. The monoisotopic (exact) mass is 242 g/mol. The summed E-state index contributed by atoms with van der Waals surface area (Å²) >= 11 is 0. The zero-order chi connectivity index (χ0) is 12.4. The second-order valence-corrected chi connectivity index (χ2v) is 4.09. The number of hydrogen-bond acceptors (Lipinski definition) is 4. The van der Waals surface area contributed by atoms with Gasteiger partial charge in [0.1, 0.15) is 0 Å². The van der Waals surface area contributed by atoms with Gasteiger partial charge in [-0.1, -0.05) is 17.3 Å². The van der Waals surface area contributed by atoms with Crippen molar-refractivity contribution in [2.45, 2.75) is 20.0 Å². The van der Waals surface area contributed by atoms with Gasteiger partial charge in [-0.15, -0.1) is 0 Å². The molecule has 92 valence electrons. The van der Waals surface area contributed by atoms with Gasteiger partial charge < -0.3 is 9.84 Å². The Labute approximate surface area is 104 Å². The lowest BCUT2D eigenvalue weighted by atomic mass is 10.2. The number of para-hydroxylation sites is 1. The molecule has 0 saturated carbocycles. The Morgan fingerprint density at radius 2 is 2.22 bits per heavy atom. The van der Waals surface area contributed by atoms with Crippen molar-refractivity contribution >= 4 is 16.8 Å². The number of fused-ring (bicyclic) bond motifs is 1. The van der Waals surface area contributed by atoms with Crippen LogP contribution in [-0.4, -0.2) is 14.9 Å². The molecule has 0 radical (unpaired) electrons. The van der Waals surface area contributed by atoms with E-state index in [4.69, 9.17) is 4.52 Å². The number of rotatable bonds is 4. The number of hydrogen-bond donors (Lipinski definition) is 1. The second-order valence-electron chi connectivity index (χ2n) is 4.09. The van der Waals surface area contributed by atoms with Gasteiger partial charge in [0.25, 0.3) is 0 Å². The zero-order valence-corrected chi connectivity index (χ0v) is 10.1. The molecule has 0 aliphatic carbocycles. The Hall–Kier alpha value is -2.30. The maximum absolute atomic E-state index is 5.23. The van der Waals surface area contributed by atoms with Crippen LogP contribution in [-0.2, 0) is 13.1 Å². The van der Waals surface area contributed by atoms with Crippen molar-refractivity contribution in [3.8, 4) is 0 Å². The van der Waals surface area contributed by atoms with Gasteiger partial charge in [-0.3, -0.25) is 4.68 Å². The minimum absolute atomic E-state index is 0.691. The maximum atomic E-state index is 5.23. The van der Waals surface area contributed by atoms with E-state index >= 15 is 0 Å². The van der Waals surface area contributed by atoms with Crippen molar-refractivity contribution in [3.63, 3.8) is 0 Å². The number of aryl methyl sites for hydroxylation is 1. The molecule has 0 spiro atoms. The molecule has 2 heterocycles. The third-order valence-corrected chi connectivity index (χ3v) is 2.85. The fourth-order valence-electron chi connectivity index (χ4n) is 1.87. The van der Waals surface area contributed by atoms with Gasteiger partial charge in [-0.2, -0.15) is 5.10 Å². The van der Waals surface area contributed by atoms with Crippen molar-refractivity contribution in [2.24, 2.45) is 0 Å². The highest BCUT2D eigenvalue weighted by atomic mass is 16.5. The molecule has 5 nitrogen and oxygen atoms in total. The van der Waals surface area contributed by atoms with E-state index in [2.05, 4.69) is 22.5 Å². The third-order valence-electron chi connectivity index (χ3n) is 2.85. The first-order chi connectivity index (χ1) is 8.86. The fraction of sp³-hybridized carbons (Fsp3) is 0.231. The molecular formula is C13H14N4O. The van der Waals surface area contributed by atoms with Crippen LogP contribution in [0, 0.1) is 0 Å². The predicted octanol–water partition coefficient (Wildman–Crippen LogP) is 2.66. The van der Waals surface area contributed by atoms with Crippen molar-refractivity contribution in [1.82, 2.24) is 14.9 Å². The van der Waals surface area contributed by atoms with E-state index in [9.17, 15) is 0 Å². The van der Waals surface area contributed by atoms with Crippen molar-refractivity contribution in [2.75, 3.05) is 5.32 Å². The Bertz CT molecular complexity index is 656. The molecule has 0 aliphatic heterocycles. The minimum Gasteiger partial charge on any atom is -0.363 e. The molecule has 5 heteroatoms. The molecule has 0 amide bonds. The first kappa shape index (κ1) is 10.8. The fourth-order valence-corrected chi connectivity index (χ4v) is 1.87.